The molecule has 0 bridgehead atoms. The van der Waals surface area contributed by atoms with E-state index in [0.29, 0.717) is 33.6 Å². The number of fused-ring (bicyclic) bond motifs is 2. The molecule has 1 unspecified atom stereocenters. The van der Waals surface area contributed by atoms with E-state index >= 15 is 0 Å². The lowest BCUT2D eigenvalue weighted by Crippen LogP contribution is -2.47. The second-order valence-corrected chi connectivity index (χ2v) is 12.6. The van der Waals surface area contributed by atoms with Crippen LogP contribution in [0.3, 0.4) is 0 Å². The van der Waals surface area contributed by atoms with Crippen LogP contribution in [0.2, 0.25) is 0 Å². The quantitative estimate of drug-likeness (QED) is 0.227. The van der Waals surface area contributed by atoms with E-state index in [4.69, 9.17) is 6.42 Å². The summed E-state index contributed by atoms with van der Waals surface area (Å²) in [7, 11) is 0. The van der Waals surface area contributed by atoms with E-state index in [9.17, 15) is 14.4 Å². The van der Waals surface area contributed by atoms with Gasteiger partial charge in [0.25, 0.3) is 5.91 Å². The van der Waals surface area contributed by atoms with Gasteiger partial charge in [-0.25, -0.2) is 15.0 Å². The zero-order valence-electron chi connectivity index (χ0n) is 24.8. The number of halogens is 1. The van der Waals surface area contributed by atoms with Crippen LogP contribution in [0.1, 0.15) is 48.6 Å². The van der Waals surface area contributed by atoms with Crippen LogP contribution in [0.5, 0.6) is 0 Å². The van der Waals surface area contributed by atoms with Crippen LogP contribution in [0.15, 0.2) is 47.3 Å². The predicted molar refractivity (Wildman–Crippen MR) is 168 cm³/mol. The lowest BCUT2D eigenvalue weighted by Gasteiger charge is -2.27. The molecule has 4 aromatic rings. The van der Waals surface area contributed by atoms with Crippen LogP contribution in [-0.4, -0.2) is 65.5 Å². The summed E-state index contributed by atoms with van der Waals surface area (Å²) >= 11 is 3.36. The molecule has 2 fully saturated rings. The van der Waals surface area contributed by atoms with Gasteiger partial charge in [0.15, 0.2) is 5.69 Å². The highest BCUT2D eigenvalue weighted by Crippen LogP contribution is 2.59. The van der Waals surface area contributed by atoms with Crippen LogP contribution < -0.4 is 10.6 Å². The molecule has 1 aromatic carbocycles. The lowest BCUT2D eigenvalue weighted by atomic mass is 10.0. The number of aryl methyl sites for hydroxylation is 2. The van der Waals surface area contributed by atoms with Gasteiger partial charge in [-0.3, -0.25) is 19.1 Å². The molecule has 2 aliphatic rings. The van der Waals surface area contributed by atoms with Crippen LogP contribution >= 0.6 is 15.9 Å². The fourth-order valence-electron chi connectivity index (χ4n) is 5.90. The number of carbonyl (C=O) groups excluding carboxylic acids is 3. The fraction of sp³-hybridized carbons (Fsp3) is 0.344. The average Bonchev–Trinajstić information content (AvgIpc) is 3.36. The van der Waals surface area contributed by atoms with E-state index < -0.39 is 18.0 Å². The number of hydrogen-bond donors (Lipinski definition) is 2. The number of piperidine rings is 1. The van der Waals surface area contributed by atoms with E-state index in [1.807, 2.05) is 31.2 Å². The third-order valence-corrected chi connectivity index (χ3v) is 8.93. The van der Waals surface area contributed by atoms with Crippen LogP contribution in [-0.2, 0) is 16.1 Å². The van der Waals surface area contributed by atoms with Gasteiger partial charge in [-0.15, -0.1) is 6.42 Å². The number of rotatable bonds is 7. The SMILES string of the molecule is C#CC(C)NC(=O)c1nn(CC(=O)N2[C@H](C(=O)Nc3nc(Br)ccc3C)C[C@@]3(C)C[C@@H]23)c2ccc(-c3cnc(C)nc3)cc12. The van der Waals surface area contributed by atoms with Crippen molar-refractivity contribution < 1.29 is 14.4 Å². The van der Waals surface area contributed by atoms with Crippen molar-refractivity contribution in [3.05, 3.63) is 64.4 Å². The molecule has 6 rings (SSSR count). The molecular formula is C32H31BrN8O3. The van der Waals surface area contributed by atoms with Gasteiger partial charge in [0.1, 0.15) is 28.8 Å². The molecule has 1 saturated heterocycles. The highest BCUT2D eigenvalue weighted by atomic mass is 79.9. The Morgan fingerprint density at radius 1 is 1.14 bits per heavy atom. The minimum absolute atomic E-state index is 0.0449. The van der Waals surface area contributed by atoms with Crippen molar-refractivity contribution in [3.8, 4) is 23.5 Å². The molecule has 4 atom stereocenters. The summed E-state index contributed by atoms with van der Waals surface area (Å²) in [5.74, 6) is 2.61. The summed E-state index contributed by atoms with van der Waals surface area (Å²) in [6.45, 7) is 7.32. The first kappa shape index (κ1) is 29.4. The van der Waals surface area contributed by atoms with Gasteiger partial charge in [0.2, 0.25) is 11.8 Å². The fourth-order valence-corrected chi connectivity index (χ4v) is 6.21. The number of terminal acetylenes is 1. The van der Waals surface area contributed by atoms with Crippen molar-refractivity contribution in [1.29, 1.82) is 0 Å². The van der Waals surface area contributed by atoms with Crippen molar-refractivity contribution in [2.75, 3.05) is 5.32 Å². The van der Waals surface area contributed by atoms with Crippen molar-refractivity contribution in [3.63, 3.8) is 0 Å². The van der Waals surface area contributed by atoms with Gasteiger partial charge < -0.3 is 15.5 Å². The number of amides is 3. The molecule has 11 nitrogen and oxygen atoms in total. The van der Waals surface area contributed by atoms with E-state index in [0.717, 1.165) is 23.1 Å². The maximum atomic E-state index is 14.0. The monoisotopic (exact) mass is 654 g/mol. The minimum atomic E-state index is -0.652. The van der Waals surface area contributed by atoms with Crippen molar-refractivity contribution in [2.24, 2.45) is 5.41 Å². The number of pyridine rings is 1. The molecule has 44 heavy (non-hydrogen) atoms. The first-order chi connectivity index (χ1) is 21.0. The van der Waals surface area contributed by atoms with E-state index in [-0.39, 0.29) is 35.5 Å². The molecule has 224 valence electrons. The number of nitrogens with one attached hydrogen (secondary N) is 2. The third-order valence-electron chi connectivity index (χ3n) is 8.49. The maximum Gasteiger partial charge on any atom is 0.273 e. The largest absolute Gasteiger partial charge is 0.337 e. The second-order valence-electron chi connectivity index (χ2n) is 11.8. The van der Waals surface area contributed by atoms with Crippen molar-refractivity contribution in [1.82, 2.24) is 34.9 Å². The highest BCUT2D eigenvalue weighted by Gasteiger charge is 2.64. The zero-order valence-corrected chi connectivity index (χ0v) is 26.3. The molecule has 4 heterocycles. The molecule has 3 aromatic heterocycles. The number of benzene rings is 1. The van der Waals surface area contributed by atoms with Gasteiger partial charge >= 0.3 is 0 Å². The number of anilines is 1. The Balaban J connectivity index is 1.32. The predicted octanol–water partition coefficient (Wildman–Crippen LogP) is 4.04. The summed E-state index contributed by atoms with van der Waals surface area (Å²) in [6.07, 6.45) is 10.3. The first-order valence-electron chi connectivity index (χ1n) is 14.3. The minimum Gasteiger partial charge on any atom is -0.337 e. The third kappa shape index (κ3) is 5.43. The summed E-state index contributed by atoms with van der Waals surface area (Å²) < 4.78 is 2.13. The van der Waals surface area contributed by atoms with Gasteiger partial charge in [0, 0.05) is 29.4 Å². The average molecular weight is 656 g/mol. The molecular weight excluding hydrogens is 624 g/mol. The number of aromatic nitrogens is 5. The Labute approximate surface area is 263 Å². The number of hydrogen-bond acceptors (Lipinski definition) is 7. The standard InChI is InChI=1S/C32H31BrN8O3/c1-6-18(3)36-31(44)28-22-11-20(21-14-34-19(4)35-15-21)8-9-23(22)40(39-28)16-27(42)41-24(12-32(5)13-25(32)41)30(43)38-29-17(2)7-10-26(33)37-29/h1,7-11,14-15,18,24-25H,12-13,16H2,2-5H3,(H,36,44)(H,37,38,43)/t18?,24-,25+,32-/m0/s1. The van der Waals surface area contributed by atoms with Crippen molar-refractivity contribution >= 4 is 50.4 Å². The maximum absolute atomic E-state index is 14.0. The molecule has 1 aliphatic carbocycles. The van der Waals surface area contributed by atoms with Gasteiger partial charge in [0.05, 0.1) is 11.6 Å². The van der Waals surface area contributed by atoms with E-state index in [1.165, 1.54) is 4.68 Å². The molecule has 0 spiro atoms. The molecule has 3 amide bonds. The van der Waals surface area contributed by atoms with Gasteiger partial charge in [-0.2, -0.15) is 5.10 Å². The molecule has 1 saturated carbocycles. The van der Waals surface area contributed by atoms with Crippen LogP contribution in [0.25, 0.3) is 22.0 Å². The summed E-state index contributed by atoms with van der Waals surface area (Å²) in [6, 6.07) is 7.99. The Morgan fingerprint density at radius 2 is 1.89 bits per heavy atom. The Bertz CT molecular complexity index is 1860. The zero-order chi connectivity index (χ0) is 31.3. The smallest absolute Gasteiger partial charge is 0.273 e. The van der Waals surface area contributed by atoms with E-state index in [2.05, 4.69) is 59.5 Å². The van der Waals surface area contributed by atoms with Crippen LogP contribution in [0, 0.1) is 31.6 Å². The van der Waals surface area contributed by atoms with E-state index in [1.54, 1.807) is 37.2 Å². The highest BCUT2D eigenvalue weighted by molar-refractivity contribution is 9.10. The normalized spacial score (nSPS) is 21.0. The summed E-state index contributed by atoms with van der Waals surface area (Å²) in [5.41, 5.74) is 3.01. The molecule has 2 N–H and O–H groups in total. The van der Waals surface area contributed by atoms with Crippen LogP contribution in [0.4, 0.5) is 5.82 Å². The van der Waals surface area contributed by atoms with Crippen molar-refractivity contribution in [2.45, 2.75) is 65.2 Å². The number of nitrogens with zero attached hydrogens (tertiary/aromatic N) is 6. The molecule has 1 aliphatic heterocycles. The Hall–Kier alpha value is -4.63. The molecule has 12 heteroatoms. The van der Waals surface area contributed by atoms with Gasteiger partial charge in [-0.1, -0.05) is 25.0 Å². The number of likely N-dealkylation sites (tertiary alicyclic amines) is 1. The number of carbonyl (C=O) groups is 3. The first-order valence-corrected chi connectivity index (χ1v) is 15.1. The lowest BCUT2D eigenvalue weighted by molar-refractivity contribution is -0.138. The Kier molecular flexibility index (Phi) is 7.45. The Morgan fingerprint density at radius 3 is 2.61 bits per heavy atom. The summed E-state index contributed by atoms with van der Waals surface area (Å²) in [5, 5.41) is 10.8. The topological polar surface area (TPSA) is 135 Å². The summed E-state index contributed by atoms with van der Waals surface area (Å²) in [4.78, 5) is 55.4. The van der Waals surface area contributed by atoms with Gasteiger partial charge in [-0.05, 0) is 84.3 Å². The second kappa shape index (κ2) is 11.1. The molecule has 0 radical (unpaired) electrons.